The molecule has 4 N–H and O–H groups in total. The molecule has 1 aliphatic heterocycles. The lowest BCUT2D eigenvalue weighted by Crippen LogP contribution is -2.58. The molecule has 2 aromatic carbocycles. The van der Waals surface area contributed by atoms with Crippen molar-refractivity contribution in [2.75, 3.05) is 0 Å². The largest absolute Gasteiger partial charge is 0.488 e. The van der Waals surface area contributed by atoms with Gasteiger partial charge in [-0.25, -0.2) is 4.79 Å². The van der Waals surface area contributed by atoms with Crippen LogP contribution in [-0.4, -0.2) is 75.4 Å². The molecule has 2 fully saturated rings. The summed E-state index contributed by atoms with van der Waals surface area (Å²) < 4.78 is 23.6. The van der Waals surface area contributed by atoms with Crippen LogP contribution in [0.25, 0.3) is 0 Å². The van der Waals surface area contributed by atoms with Gasteiger partial charge in [0.15, 0.2) is 12.4 Å². The van der Waals surface area contributed by atoms with Crippen LogP contribution in [0.15, 0.2) is 54.6 Å². The second kappa shape index (κ2) is 12.0. The van der Waals surface area contributed by atoms with Crippen molar-refractivity contribution in [1.29, 1.82) is 0 Å². The second-order valence-electron chi connectivity index (χ2n) is 9.41. The summed E-state index contributed by atoms with van der Waals surface area (Å²) in [7, 11) is 0. The van der Waals surface area contributed by atoms with E-state index in [2.05, 4.69) is 0 Å². The Hall–Kier alpha value is -2.69. The summed E-state index contributed by atoms with van der Waals surface area (Å²) in [6.45, 7) is 1.61. The molecule has 0 spiro atoms. The maximum atomic E-state index is 11.8. The maximum Gasteiger partial charge on any atom is 0.345 e. The van der Waals surface area contributed by atoms with E-state index in [1.165, 1.54) is 0 Å². The Morgan fingerprint density at radius 2 is 1.64 bits per heavy atom. The lowest BCUT2D eigenvalue weighted by Gasteiger charge is -2.42. The number of hydrogen-bond acceptors (Lipinski definition) is 8. The zero-order valence-electron chi connectivity index (χ0n) is 20.2. The minimum absolute atomic E-state index is 0.225. The van der Waals surface area contributed by atoms with Gasteiger partial charge in [0.1, 0.15) is 35.9 Å². The van der Waals surface area contributed by atoms with Gasteiger partial charge in [0.05, 0.1) is 12.2 Å². The van der Waals surface area contributed by atoms with Crippen molar-refractivity contribution in [2.45, 2.75) is 88.0 Å². The zero-order chi connectivity index (χ0) is 25.7. The van der Waals surface area contributed by atoms with Crippen LogP contribution in [0.5, 0.6) is 11.5 Å². The highest BCUT2D eigenvalue weighted by molar-refractivity contribution is 5.73. The van der Waals surface area contributed by atoms with E-state index in [4.69, 9.17) is 18.9 Å². The van der Waals surface area contributed by atoms with Gasteiger partial charge in [0.2, 0.25) is 0 Å². The van der Waals surface area contributed by atoms with E-state index >= 15 is 0 Å². The molecule has 9 nitrogen and oxygen atoms in total. The highest BCUT2D eigenvalue weighted by atomic mass is 16.7. The fraction of sp³-hybridized carbons (Fsp3) is 0.519. The first kappa shape index (κ1) is 26.4. The Labute approximate surface area is 210 Å². The molecule has 2 aliphatic rings. The molecule has 0 bridgehead atoms. The van der Waals surface area contributed by atoms with E-state index < -0.39 is 48.9 Å². The summed E-state index contributed by atoms with van der Waals surface area (Å²) in [5.41, 5.74) is 0.860. The van der Waals surface area contributed by atoms with E-state index in [1.54, 1.807) is 31.2 Å². The second-order valence-corrected chi connectivity index (χ2v) is 9.41. The lowest BCUT2D eigenvalue weighted by atomic mass is 9.94. The Balaban J connectivity index is 1.41. The minimum atomic E-state index is -1.38. The van der Waals surface area contributed by atoms with Gasteiger partial charge in [-0.2, -0.15) is 0 Å². The van der Waals surface area contributed by atoms with Crippen molar-refractivity contribution in [3.63, 3.8) is 0 Å². The van der Waals surface area contributed by atoms with Gasteiger partial charge < -0.3 is 39.4 Å². The average Bonchev–Trinajstić information content (AvgIpc) is 2.87. The van der Waals surface area contributed by atoms with Crippen molar-refractivity contribution in [3.8, 4) is 11.5 Å². The van der Waals surface area contributed by atoms with Crippen LogP contribution >= 0.6 is 0 Å². The highest BCUT2D eigenvalue weighted by Gasteiger charge is 2.44. The fourth-order valence-electron chi connectivity index (χ4n) is 4.62. The summed E-state index contributed by atoms with van der Waals surface area (Å²) in [5.74, 6) is -0.176. The Kier molecular flexibility index (Phi) is 8.81. The first-order valence-electron chi connectivity index (χ1n) is 12.4. The number of aliphatic carboxylic acids is 1. The molecule has 2 aromatic rings. The zero-order valence-corrected chi connectivity index (χ0v) is 20.2. The van der Waals surface area contributed by atoms with Gasteiger partial charge in [-0.05, 0) is 43.9 Å². The van der Waals surface area contributed by atoms with Crippen molar-refractivity contribution in [3.05, 3.63) is 60.2 Å². The third-order valence-corrected chi connectivity index (χ3v) is 6.67. The monoisotopic (exact) mass is 502 g/mol. The summed E-state index contributed by atoms with van der Waals surface area (Å²) in [5, 5.41) is 40.0. The number of ether oxygens (including phenoxy) is 4. The molecule has 8 atom stereocenters. The van der Waals surface area contributed by atoms with Gasteiger partial charge in [-0.15, -0.1) is 0 Å². The van der Waals surface area contributed by atoms with Crippen LogP contribution in [0, 0.1) is 0 Å². The molecule has 196 valence electrons. The number of rotatable bonds is 9. The van der Waals surface area contributed by atoms with Crippen molar-refractivity contribution in [1.82, 2.24) is 0 Å². The lowest BCUT2D eigenvalue weighted by molar-refractivity contribution is -0.311. The number of carboxylic acids is 1. The molecule has 36 heavy (non-hydrogen) atoms. The molecular weight excluding hydrogens is 468 g/mol. The van der Waals surface area contributed by atoms with Gasteiger partial charge >= 0.3 is 5.97 Å². The molecule has 0 radical (unpaired) electrons. The Morgan fingerprint density at radius 3 is 2.36 bits per heavy atom. The number of carboxylic acid groups (broad SMARTS) is 1. The fourth-order valence-corrected chi connectivity index (χ4v) is 4.62. The Bertz CT molecular complexity index is 984. The third kappa shape index (κ3) is 6.54. The molecule has 1 aliphatic carbocycles. The molecule has 1 heterocycles. The van der Waals surface area contributed by atoms with Crippen molar-refractivity contribution >= 4 is 5.97 Å². The summed E-state index contributed by atoms with van der Waals surface area (Å²) >= 11 is 0. The van der Waals surface area contributed by atoms with Gasteiger partial charge in [-0.1, -0.05) is 42.8 Å². The van der Waals surface area contributed by atoms with Crippen LogP contribution in [0.1, 0.15) is 38.2 Å². The molecule has 0 amide bonds. The summed E-state index contributed by atoms with van der Waals surface area (Å²) in [4.78, 5) is 11.8. The van der Waals surface area contributed by atoms with E-state index in [0.717, 1.165) is 18.4 Å². The summed E-state index contributed by atoms with van der Waals surface area (Å²) in [6.07, 6.45) is -4.05. The predicted octanol–water partition coefficient (Wildman–Crippen LogP) is 2.30. The maximum absolute atomic E-state index is 11.8. The highest BCUT2D eigenvalue weighted by Crippen LogP contribution is 2.31. The standard InChI is InChI=1S/C27H34O9/c1-16-23(28)24(29)25(30)27(33-16)36-21-13-6-5-12-20(21)34-18-10-7-11-19(15-18)35-22(26(31)32)14-17-8-3-2-4-9-17/h2-4,7-11,15-16,20-25,27-30H,5-6,12-14H2,1H3,(H,31,32)/t16-,20+,21+,22?,23+,24+,25-,27-/m0/s1. The van der Waals surface area contributed by atoms with Gasteiger partial charge in [0, 0.05) is 12.5 Å². The van der Waals surface area contributed by atoms with E-state index in [0.29, 0.717) is 24.3 Å². The smallest absolute Gasteiger partial charge is 0.345 e. The number of carbonyl (C=O) groups is 1. The molecular formula is C27H34O9. The van der Waals surface area contributed by atoms with Gasteiger partial charge in [-0.3, -0.25) is 0 Å². The summed E-state index contributed by atoms with van der Waals surface area (Å²) in [6, 6.07) is 16.1. The van der Waals surface area contributed by atoms with Crippen molar-refractivity contribution in [2.24, 2.45) is 0 Å². The van der Waals surface area contributed by atoms with Crippen LogP contribution in [-0.2, 0) is 20.7 Å². The third-order valence-electron chi connectivity index (χ3n) is 6.67. The molecule has 1 saturated carbocycles. The predicted molar refractivity (Wildman–Crippen MR) is 129 cm³/mol. The number of aliphatic hydroxyl groups is 3. The first-order valence-corrected chi connectivity index (χ1v) is 12.4. The number of benzene rings is 2. The van der Waals surface area contributed by atoms with E-state index in [1.807, 2.05) is 30.3 Å². The van der Waals surface area contributed by atoms with Gasteiger partial charge in [0.25, 0.3) is 0 Å². The first-order chi connectivity index (χ1) is 17.3. The molecule has 0 aromatic heterocycles. The topological polar surface area (TPSA) is 135 Å². The van der Waals surface area contributed by atoms with Crippen LogP contribution < -0.4 is 9.47 Å². The van der Waals surface area contributed by atoms with Crippen molar-refractivity contribution < 1.29 is 44.2 Å². The number of aliphatic hydroxyl groups excluding tert-OH is 3. The quantitative estimate of drug-likeness (QED) is 0.407. The van der Waals surface area contributed by atoms with Crippen LogP contribution in [0.4, 0.5) is 0 Å². The molecule has 4 rings (SSSR count). The molecule has 9 heteroatoms. The van der Waals surface area contributed by atoms with E-state index in [9.17, 15) is 25.2 Å². The van der Waals surface area contributed by atoms with Crippen LogP contribution in [0.3, 0.4) is 0 Å². The van der Waals surface area contributed by atoms with Crippen LogP contribution in [0.2, 0.25) is 0 Å². The Morgan fingerprint density at radius 1 is 0.944 bits per heavy atom. The molecule has 1 saturated heterocycles. The normalized spacial score (nSPS) is 31.4. The minimum Gasteiger partial charge on any atom is -0.488 e. The number of hydrogen-bond donors (Lipinski definition) is 4. The SMILES string of the molecule is C[C@@H]1O[C@@H](O[C@@H]2CCCC[C@H]2Oc2cccc(OC(Cc3ccccc3)C(=O)O)c2)[C@@H](O)[C@H](O)[C@@H]1O. The average molecular weight is 503 g/mol. The van der Waals surface area contributed by atoms with E-state index in [-0.39, 0.29) is 12.5 Å². The molecule has 1 unspecified atom stereocenters.